The molecule has 1 amide bonds. The molecule has 2 aromatic carbocycles. The summed E-state index contributed by atoms with van der Waals surface area (Å²) in [7, 11) is -3.76. The minimum atomic E-state index is -3.76. The van der Waals surface area contributed by atoms with Crippen LogP contribution in [0.4, 0.5) is 0 Å². The number of carbonyl (C=O) groups excluding carboxylic acids is 1. The monoisotopic (exact) mass is 332 g/mol. The number of benzene rings is 2. The number of sulfonamides is 1. The lowest BCUT2D eigenvalue weighted by Crippen LogP contribution is -2.27. The summed E-state index contributed by atoms with van der Waals surface area (Å²) in [5.74, 6) is -0.198. The highest BCUT2D eigenvalue weighted by Crippen LogP contribution is 2.18. The van der Waals surface area contributed by atoms with Gasteiger partial charge in [0.2, 0.25) is 10.0 Å². The maximum absolute atomic E-state index is 12.4. The number of carbonyl (C=O) groups is 1. The molecule has 6 heteroatoms. The summed E-state index contributed by atoms with van der Waals surface area (Å²) in [6.45, 7) is 5.65. The zero-order valence-corrected chi connectivity index (χ0v) is 14.1. The predicted octanol–water partition coefficient (Wildman–Crippen LogP) is 2.44. The maximum Gasteiger partial charge on any atom is 0.252 e. The molecule has 0 aliphatic rings. The molecular weight excluding hydrogens is 312 g/mol. The van der Waals surface area contributed by atoms with Crippen molar-refractivity contribution >= 4 is 15.9 Å². The van der Waals surface area contributed by atoms with E-state index < -0.39 is 10.0 Å². The van der Waals surface area contributed by atoms with Crippen molar-refractivity contribution in [2.24, 2.45) is 5.14 Å². The smallest absolute Gasteiger partial charge is 0.252 e. The number of nitrogens with two attached hydrogens (primary N) is 1. The first-order valence-corrected chi connectivity index (χ1v) is 8.74. The van der Waals surface area contributed by atoms with Gasteiger partial charge in [-0.3, -0.25) is 4.79 Å². The van der Waals surface area contributed by atoms with Crippen LogP contribution in [0, 0.1) is 13.8 Å². The van der Waals surface area contributed by atoms with E-state index in [1.54, 1.807) is 25.1 Å². The van der Waals surface area contributed by atoms with Gasteiger partial charge in [-0.25, -0.2) is 13.6 Å². The van der Waals surface area contributed by atoms with Gasteiger partial charge in [0.25, 0.3) is 5.91 Å². The van der Waals surface area contributed by atoms with Crippen LogP contribution in [0.1, 0.15) is 40.0 Å². The van der Waals surface area contributed by atoms with Crippen LogP contribution < -0.4 is 10.5 Å². The number of hydrogen-bond donors (Lipinski definition) is 2. The first-order valence-electron chi connectivity index (χ1n) is 7.19. The highest BCUT2D eigenvalue weighted by atomic mass is 32.2. The second-order valence-corrected chi connectivity index (χ2v) is 7.19. The molecule has 1 unspecified atom stereocenters. The summed E-state index contributed by atoms with van der Waals surface area (Å²) in [4.78, 5) is 12.4. The fraction of sp³-hybridized carbons (Fsp3) is 0.235. The van der Waals surface area contributed by atoms with E-state index in [0.717, 1.165) is 11.1 Å². The molecule has 5 nitrogen and oxygen atoms in total. The number of aryl methyl sites for hydroxylation is 2. The van der Waals surface area contributed by atoms with E-state index in [4.69, 9.17) is 5.14 Å². The molecule has 0 aromatic heterocycles. The minimum Gasteiger partial charge on any atom is -0.346 e. The summed E-state index contributed by atoms with van der Waals surface area (Å²) in [5.41, 5.74) is 3.26. The average molecular weight is 332 g/mol. The highest BCUT2D eigenvalue weighted by Gasteiger charge is 2.15. The van der Waals surface area contributed by atoms with Crippen molar-refractivity contribution < 1.29 is 13.2 Å². The van der Waals surface area contributed by atoms with Crippen molar-refractivity contribution in [1.29, 1.82) is 0 Å². The summed E-state index contributed by atoms with van der Waals surface area (Å²) in [6, 6.07) is 11.5. The van der Waals surface area contributed by atoms with E-state index in [1.165, 1.54) is 12.1 Å². The van der Waals surface area contributed by atoms with E-state index in [9.17, 15) is 13.2 Å². The Morgan fingerprint density at radius 3 is 2.43 bits per heavy atom. The quantitative estimate of drug-likeness (QED) is 0.901. The van der Waals surface area contributed by atoms with Gasteiger partial charge in [0.1, 0.15) is 0 Å². The lowest BCUT2D eigenvalue weighted by Gasteiger charge is -2.16. The number of amides is 1. The number of nitrogens with one attached hydrogen (secondary N) is 1. The largest absolute Gasteiger partial charge is 0.346 e. The second kappa shape index (κ2) is 6.52. The van der Waals surface area contributed by atoms with Gasteiger partial charge in [-0.1, -0.05) is 29.8 Å². The van der Waals surface area contributed by atoms with Crippen molar-refractivity contribution in [3.05, 3.63) is 64.7 Å². The third-order valence-electron chi connectivity index (χ3n) is 3.66. The van der Waals surface area contributed by atoms with E-state index in [1.807, 2.05) is 26.0 Å². The SMILES string of the molecule is Cc1ccc(C(=O)NC(C)c2cccc(S(N)(=O)=O)c2)c(C)c1. The molecule has 0 aliphatic heterocycles. The standard InChI is InChI=1S/C17H20N2O3S/c1-11-7-8-16(12(2)9-11)17(20)19-13(3)14-5-4-6-15(10-14)23(18,21)22/h4-10,13H,1-3H3,(H,19,20)(H2,18,21,22). The van der Waals surface area contributed by atoms with Gasteiger partial charge in [-0.05, 0) is 50.1 Å². The molecule has 23 heavy (non-hydrogen) atoms. The molecular formula is C17H20N2O3S. The molecule has 3 N–H and O–H groups in total. The molecule has 2 aromatic rings. The Balaban J connectivity index is 2.22. The fourth-order valence-corrected chi connectivity index (χ4v) is 2.96. The third kappa shape index (κ3) is 4.18. The van der Waals surface area contributed by atoms with E-state index in [2.05, 4.69) is 5.32 Å². The van der Waals surface area contributed by atoms with Crippen molar-refractivity contribution in [3.63, 3.8) is 0 Å². The van der Waals surface area contributed by atoms with Gasteiger partial charge in [-0.2, -0.15) is 0 Å². The van der Waals surface area contributed by atoms with Crippen LogP contribution in [0.25, 0.3) is 0 Å². The summed E-state index contributed by atoms with van der Waals surface area (Å²) < 4.78 is 22.8. The zero-order chi connectivity index (χ0) is 17.2. The summed E-state index contributed by atoms with van der Waals surface area (Å²) in [5, 5.41) is 8.01. The molecule has 0 aliphatic carbocycles. The number of rotatable bonds is 4. The molecule has 0 bridgehead atoms. The zero-order valence-electron chi connectivity index (χ0n) is 13.3. The first-order chi connectivity index (χ1) is 10.7. The Hall–Kier alpha value is -2.18. The van der Waals surface area contributed by atoms with Crippen LogP contribution in [-0.2, 0) is 10.0 Å². The normalized spacial score (nSPS) is 12.7. The van der Waals surface area contributed by atoms with Gasteiger partial charge in [0, 0.05) is 5.56 Å². The predicted molar refractivity (Wildman–Crippen MR) is 89.6 cm³/mol. The van der Waals surface area contributed by atoms with Crippen molar-refractivity contribution in [2.45, 2.75) is 31.7 Å². The van der Waals surface area contributed by atoms with Crippen molar-refractivity contribution in [1.82, 2.24) is 5.32 Å². The van der Waals surface area contributed by atoms with Crippen LogP contribution in [0.2, 0.25) is 0 Å². The summed E-state index contributed by atoms with van der Waals surface area (Å²) in [6.07, 6.45) is 0. The number of hydrogen-bond acceptors (Lipinski definition) is 3. The van der Waals surface area contributed by atoms with Crippen LogP contribution >= 0.6 is 0 Å². The molecule has 0 fully saturated rings. The molecule has 0 saturated carbocycles. The van der Waals surface area contributed by atoms with Crippen LogP contribution in [-0.4, -0.2) is 14.3 Å². The Bertz CT molecular complexity index is 845. The Morgan fingerprint density at radius 1 is 1.13 bits per heavy atom. The molecule has 0 radical (unpaired) electrons. The lowest BCUT2D eigenvalue weighted by atomic mass is 10.0. The molecule has 0 saturated heterocycles. The lowest BCUT2D eigenvalue weighted by molar-refractivity contribution is 0.0939. The van der Waals surface area contributed by atoms with Crippen LogP contribution in [0.3, 0.4) is 0 Å². The Labute approximate surface area is 136 Å². The van der Waals surface area contributed by atoms with Crippen LogP contribution in [0.15, 0.2) is 47.4 Å². The van der Waals surface area contributed by atoms with Gasteiger partial charge < -0.3 is 5.32 Å². The van der Waals surface area contributed by atoms with Crippen molar-refractivity contribution in [3.8, 4) is 0 Å². The Morgan fingerprint density at radius 2 is 1.83 bits per heavy atom. The molecule has 122 valence electrons. The van der Waals surface area contributed by atoms with Crippen LogP contribution in [0.5, 0.6) is 0 Å². The molecule has 0 spiro atoms. The maximum atomic E-state index is 12.4. The van der Waals surface area contributed by atoms with E-state index in [-0.39, 0.29) is 16.8 Å². The topological polar surface area (TPSA) is 89.3 Å². The highest BCUT2D eigenvalue weighted by molar-refractivity contribution is 7.89. The number of primary sulfonamides is 1. The van der Waals surface area contributed by atoms with Gasteiger partial charge in [0.15, 0.2) is 0 Å². The summed E-state index contributed by atoms with van der Waals surface area (Å²) >= 11 is 0. The molecule has 1 atom stereocenters. The van der Waals surface area contributed by atoms with Gasteiger partial charge in [-0.15, -0.1) is 0 Å². The average Bonchev–Trinajstić information content (AvgIpc) is 2.46. The van der Waals surface area contributed by atoms with Gasteiger partial charge in [0.05, 0.1) is 10.9 Å². The first kappa shape index (κ1) is 17.2. The Kier molecular flexibility index (Phi) is 4.87. The van der Waals surface area contributed by atoms with E-state index >= 15 is 0 Å². The third-order valence-corrected chi connectivity index (χ3v) is 4.57. The van der Waals surface area contributed by atoms with Crippen molar-refractivity contribution in [2.75, 3.05) is 0 Å². The molecule has 2 rings (SSSR count). The molecule has 0 heterocycles. The fourth-order valence-electron chi connectivity index (χ4n) is 2.39. The van der Waals surface area contributed by atoms with Gasteiger partial charge >= 0.3 is 0 Å². The second-order valence-electron chi connectivity index (χ2n) is 5.63. The van der Waals surface area contributed by atoms with E-state index in [0.29, 0.717) is 11.1 Å². The minimum absolute atomic E-state index is 0.0302.